The van der Waals surface area contributed by atoms with Crippen LogP contribution in [-0.4, -0.2) is 34.5 Å². The Morgan fingerprint density at radius 3 is 2.59 bits per heavy atom. The fraction of sp³-hybridized carbons (Fsp3) is 0.533. The molecule has 120 valence electrons. The Morgan fingerprint density at radius 2 is 1.91 bits per heavy atom. The Bertz CT molecular complexity index is 691. The van der Waals surface area contributed by atoms with Crippen LogP contribution in [-0.2, 0) is 10.0 Å². The van der Waals surface area contributed by atoms with Crippen molar-refractivity contribution in [2.45, 2.75) is 43.0 Å². The molecule has 1 fully saturated rings. The largest absolute Gasteiger partial charge is 0.378 e. The summed E-state index contributed by atoms with van der Waals surface area (Å²) in [5, 5.41) is 3.11. The van der Waals surface area contributed by atoms with Crippen LogP contribution >= 0.6 is 0 Å². The maximum atomic E-state index is 12.4. The quantitative estimate of drug-likeness (QED) is 0.875. The van der Waals surface area contributed by atoms with Gasteiger partial charge in [0.2, 0.25) is 5.96 Å². The highest BCUT2D eigenvalue weighted by Crippen LogP contribution is 2.29. The second kappa shape index (κ2) is 5.79. The third-order valence-corrected chi connectivity index (χ3v) is 5.52. The summed E-state index contributed by atoms with van der Waals surface area (Å²) in [7, 11) is 0.198. The van der Waals surface area contributed by atoms with Crippen molar-refractivity contribution < 1.29 is 8.42 Å². The fourth-order valence-electron chi connectivity index (χ4n) is 2.90. The molecule has 0 spiro atoms. The molecule has 0 bridgehead atoms. The molecule has 1 aliphatic heterocycles. The third-order valence-electron chi connectivity index (χ3n) is 4.14. The summed E-state index contributed by atoms with van der Waals surface area (Å²) >= 11 is 0. The molecule has 0 unspecified atom stereocenters. The first-order chi connectivity index (χ1) is 10.5. The summed E-state index contributed by atoms with van der Waals surface area (Å²) in [6, 6.07) is 5.56. The van der Waals surface area contributed by atoms with Gasteiger partial charge in [-0.15, -0.1) is 0 Å². The van der Waals surface area contributed by atoms with Crippen molar-refractivity contribution in [3.05, 3.63) is 18.2 Å². The van der Waals surface area contributed by atoms with E-state index < -0.39 is 10.0 Å². The predicted octanol–water partition coefficient (Wildman–Crippen LogP) is 2.15. The Kier molecular flexibility index (Phi) is 3.99. The van der Waals surface area contributed by atoms with E-state index in [4.69, 9.17) is 0 Å². The summed E-state index contributed by atoms with van der Waals surface area (Å²) in [6.07, 6.45) is 5.63. The van der Waals surface area contributed by atoms with Gasteiger partial charge in [-0.2, -0.15) is 0 Å². The van der Waals surface area contributed by atoms with Gasteiger partial charge in [-0.1, -0.05) is 19.3 Å². The van der Waals surface area contributed by atoms with Gasteiger partial charge < -0.3 is 10.2 Å². The second-order valence-corrected chi connectivity index (χ2v) is 7.73. The molecule has 0 amide bonds. The Balaban J connectivity index is 1.91. The summed E-state index contributed by atoms with van der Waals surface area (Å²) in [6.45, 7) is 0. The van der Waals surface area contributed by atoms with Crippen LogP contribution in [0.15, 0.2) is 28.1 Å². The molecule has 2 aliphatic rings. The van der Waals surface area contributed by atoms with Crippen LogP contribution in [0.3, 0.4) is 0 Å². The number of sulfonamides is 1. The standard InChI is InChI=1S/C15H22N4O2S/c1-19(2)12-8-9-13-14(10-12)22(20,21)18-15(17-13)16-11-6-4-3-5-7-11/h8-11H,3-7H2,1-2H3,(H2,16,17,18). The molecule has 0 atom stereocenters. The first-order valence-corrected chi connectivity index (χ1v) is 9.13. The minimum absolute atomic E-state index is 0.210. The highest BCUT2D eigenvalue weighted by atomic mass is 32.2. The average molecular weight is 322 g/mol. The molecule has 0 saturated heterocycles. The Morgan fingerprint density at radius 1 is 1.18 bits per heavy atom. The smallest absolute Gasteiger partial charge is 0.266 e. The molecule has 2 N–H and O–H groups in total. The third kappa shape index (κ3) is 3.04. The van der Waals surface area contributed by atoms with E-state index in [9.17, 15) is 8.42 Å². The van der Waals surface area contributed by atoms with E-state index in [0.29, 0.717) is 11.6 Å². The van der Waals surface area contributed by atoms with Crippen LogP contribution in [0.4, 0.5) is 11.4 Å². The number of anilines is 2. The minimum Gasteiger partial charge on any atom is -0.378 e. The lowest BCUT2D eigenvalue weighted by molar-refractivity contribution is 0.443. The lowest BCUT2D eigenvalue weighted by atomic mass is 9.96. The van der Waals surface area contributed by atoms with E-state index in [-0.39, 0.29) is 10.9 Å². The van der Waals surface area contributed by atoms with Crippen molar-refractivity contribution in [3.8, 4) is 0 Å². The summed E-state index contributed by atoms with van der Waals surface area (Å²) in [5.41, 5.74) is 1.43. The van der Waals surface area contributed by atoms with E-state index in [1.165, 1.54) is 6.42 Å². The first-order valence-electron chi connectivity index (χ1n) is 7.65. The van der Waals surface area contributed by atoms with Gasteiger partial charge in [0.25, 0.3) is 10.0 Å². The molecule has 22 heavy (non-hydrogen) atoms. The zero-order valence-electron chi connectivity index (χ0n) is 13.0. The summed E-state index contributed by atoms with van der Waals surface area (Å²) < 4.78 is 27.5. The molecule has 0 radical (unpaired) electrons. The maximum Gasteiger partial charge on any atom is 0.266 e. The Labute approximate surface area is 131 Å². The number of aliphatic imine (C=N–C) groups is 1. The molecule has 6 nitrogen and oxygen atoms in total. The van der Waals surface area contributed by atoms with E-state index in [2.05, 4.69) is 15.0 Å². The van der Waals surface area contributed by atoms with Gasteiger partial charge in [-0.3, -0.25) is 0 Å². The van der Waals surface area contributed by atoms with Crippen molar-refractivity contribution in [1.29, 1.82) is 0 Å². The number of hydrogen-bond acceptors (Lipinski definition) is 4. The number of guanidine groups is 1. The average Bonchev–Trinajstić information content (AvgIpc) is 2.47. The van der Waals surface area contributed by atoms with Crippen LogP contribution in [0.1, 0.15) is 32.1 Å². The van der Waals surface area contributed by atoms with Crippen molar-refractivity contribution >= 4 is 27.4 Å². The minimum atomic E-state index is -3.57. The molecule has 1 aromatic rings. The molecule has 7 heteroatoms. The van der Waals surface area contributed by atoms with Gasteiger partial charge in [0.05, 0.1) is 11.7 Å². The zero-order chi connectivity index (χ0) is 15.7. The van der Waals surface area contributed by atoms with Crippen LogP contribution in [0, 0.1) is 0 Å². The van der Waals surface area contributed by atoms with E-state index >= 15 is 0 Å². The summed E-state index contributed by atoms with van der Waals surface area (Å²) in [5.74, 6) is 0.344. The van der Waals surface area contributed by atoms with E-state index in [0.717, 1.165) is 31.4 Å². The van der Waals surface area contributed by atoms with Crippen LogP contribution in [0.5, 0.6) is 0 Å². The number of hydrogen-bond donors (Lipinski definition) is 2. The second-order valence-electron chi connectivity index (χ2n) is 6.07. The number of fused-ring (bicyclic) bond motifs is 1. The molecule has 1 aliphatic carbocycles. The highest BCUT2D eigenvalue weighted by molar-refractivity contribution is 7.90. The highest BCUT2D eigenvalue weighted by Gasteiger charge is 2.28. The van der Waals surface area contributed by atoms with Crippen molar-refractivity contribution in [3.63, 3.8) is 0 Å². The van der Waals surface area contributed by atoms with Crippen molar-refractivity contribution in [1.82, 2.24) is 4.72 Å². The lowest BCUT2D eigenvalue weighted by Crippen LogP contribution is -2.41. The molecule has 1 saturated carbocycles. The molecular weight excluding hydrogens is 300 g/mol. The molecule has 3 rings (SSSR count). The van der Waals surface area contributed by atoms with Gasteiger partial charge in [-0.05, 0) is 31.0 Å². The fourth-order valence-corrected chi connectivity index (χ4v) is 4.05. The molecule has 0 aromatic heterocycles. The predicted molar refractivity (Wildman–Crippen MR) is 89.0 cm³/mol. The summed E-state index contributed by atoms with van der Waals surface area (Å²) in [4.78, 5) is 6.69. The van der Waals surface area contributed by atoms with Gasteiger partial charge in [0.15, 0.2) is 0 Å². The lowest BCUT2D eigenvalue weighted by Gasteiger charge is -2.25. The monoisotopic (exact) mass is 322 g/mol. The van der Waals surface area contributed by atoms with Crippen molar-refractivity contribution in [2.75, 3.05) is 24.3 Å². The number of nitrogens with one attached hydrogen (secondary N) is 2. The number of nitrogens with zero attached hydrogens (tertiary/aromatic N) is 2. The number of rotatable bonds is 2. The molecule has 1 aromatic carbocycles. The van der Waals surface area contributed by atoms with Crippen LogP contribution in [0.2, 0.25) is 0 Å². The van der Waals surface area contributed by atoms with Gasteiger partial charge in [0.1, 0.15) is 4.90 Å². The Hall–Kier alpha value is -1.76. The van der Waals surface area contributed by atoms with Crippen LogP contribution < -0.4 is 14.9 Å². The zero-order valence-corrected chi connectivity index (χ0v) is 13.8. The van der Waals surface area contributed by atoms with Gasteiger partial charge in [0, 0.05) is 19.8 Å². The first kappa shape index (κ1) is 15.1. The maximum absolute atomic E-state index is 12.4. The molecular formula is C15H22N4O2S. The van der Waals surface area contributed by atoms with Crippen LogP contribution in [0.25, 0.3) is 0 Å². The SMILES string of the molecule is CN(C)c1ccc2c(c1)S(=O)(=O)NC(=NC1CCCCC1)N2. The normalized spacial score (nSPS) is 22.5. The van der Waals surface area contributed by atoms with Crippen molar-refractivity contribution in [2.24, 2.45) is 4.99 Å². The molecule has 1 heterocycles. The van der Waals surface area contributed by atoms with Gasteiger partial charge >= 0.3 is 0 Å². The van der Waals surface area contributed by atoms with E-state index in [1.807, 2.05) is 25.1 Å². The topological polar surface area (TPSA) is 73.8 Å². The van der Waals surface area contributed by atoms with E-state index in [1.54, 1.807) is 12.1 Å². The van der Waals surface area contributed by atoms with Gasteiger partial charge in [-0.25, -0.2) is 18.1 Å². The number of benzene rings is 1.